The number of aromatic carboxylic acids is 1. The van der Waals surface area contributed by atoms with E-state index in [1.807, 2.05) is 0 Å². The number of nitrogens with zero attached hydrogens (tertiary/aromatic N) is 2. The van der Waals surface area contributed by atoms with Gasteiger partial charge in [-0.15, -0.1) is 5.10 Å². The number of aromatic nitrogens is 3. The molecule has 14 heavy (non-hydrogen) atoms. The molecule has 0 bridgehead atoms. The van der Waals surface area contributed by atoms with Crippen molar-refractivity contribution in [2.24, 2.45) is 0 Å². The van der Waals surface area contributed by atoms with E-state index in [1.54, 1.807) is 0 Å². The van der Waals surface area contributed by atoms with E-state index in [0.29, 0.717) is 16.8 Å². The molecule has 0 amide bonds. The average molecular weight is 193 g/mol. The molecular weight excluding hydrogens is 186 g/mol. The number of nitrogens with one attached hydrogen (secondary N) is 1. The van der Waals surface area contributed by atoms with E-state index in [0.717, 1.165) is 0 Å². The molecule has 72 valence electrons. The Morgan fingerprint density at radius 2 is 2.43 bits per heavy atom. The van der Waals surface area contributed by atoms with Crippen molar-refractivity contribution in [1.82, 2.24) is 15.2 Å². The van der Waals surface area contributed by atoms with E-state index >= 15 is 0 Å². The second-order valence-corrected chi connectivity index (χ2v) is 2.67. The lowest BCUT2D eigenvalue weighted by atomic mass is 10.3. The van der Waals surface area contributed by atoms with E-state index in [-0.39, 0.29) is 5.69 Å². The third-order valence-corrected chi connectivity index (χ3v) is 1.84. The number of hydrogen-bond acceptors (Lipinski definition) is 4. The van der Waals surface area contributed by atoms with Gasteiger partial charge in [-0.1, -0.05) is 0 Å². The van der Waals surface area contributed by atoms with Crippen LogP contribution in [0.5, 0.6) is 5.88 Å². The van der Waals surface area contributed by atoms with E-state index in [4.69, 9.17) is 9.84 Å². The van der Waals surface area contributed by atoms with Crippen molar-refractivity contribution in [1.29, 1.82) is 0 Å². The third kappa shape index (κ3) is 1.17. The number of hydrogen-bond donors (Lipinski definition) is 2. The average Bonchev–Trinajstić information content (AvgIpc) is 2.60. The number of carbonyl (C=O) groups is 1. The lowest BCUT2D eigenvalue weighted by molar-refractivity contribution is 0.0691. The molecule has 2 heterocycles. The van der Waals surface area contributed by atoms with Crippen LogP contribution >= 0.6 is 0 Å². The van der Waals surface area contributed by atoms with Crippen LogP contribution in [0, 0.1) is 0 Å². The quantitative estimate of drug-likeness (QED) is 0.731. The minimum Gasteiger partial charge on any atom is -0.479 e. The number of H-pyrrole nitrogens is 1. The molecule has 2 aromatic heterocycles. The van der Waals surface area contributed by atoms with Gasteiger partial charge in [0, 0.05) is 0 Å². The van der Waals surface area contributed by atoms with Crippen molar-refractivity contribution >= 4 is 16.9 Å². The summed E-state index contributed by atoms with van der Waals surface area (Å²) in [6.07, 6.45) is 1.45. The number of rotatable bonds is 2. The van der Waals surface area contributed by atoms with Crippen LogP contribution in [0.4, 0.5) is 0 Å². The second kappa shape index (κ2) is 2.99. The zero-order chi connectivity index (χ0) is 10.1. The minimum atomic E-state index is -1.02. The van der Waals surface area contributed by atoms with Crippen molar-refractivity contribution < 1.29 is 14.6 Å². The Bertz CT molecular complexity index is 492. The molecular formula is C8H7N3O3. The summed E-state index contributed by atoms with van der Waals surface area (Å²) in [5.74, 6) is -0.713. The van der Waals surface area contributed by atoms with Crippen LogP contribution in [0.1, 0.15) is 10.5 Å². The molecule has 0 saturated carbocycles. The van der Waals surface area contributed by atoms with E-state index in [9.17, 15) is 4.79 Å². The Balaban J connectivity index is 2.70. The van der Waals surface area contributed by atoms with E-state index in [1.165, 1.54) is 19.4 Å². The summed E-state index contributed by atoms with van der Waals surface area (Å²) in [6.45, 7) is 0. The Morgan fingerprint density at radius 3 is 3.07 bits per heavy atom. The summed E-state index contributed by atoms with van der Waals surface area (Å²) in [7, 11) is 1.46. The highest BCUT2D eigenvalue weighted by Crippen LogP contribution is 2.22. The highest BCUT2D eigenvalue weighted by Gasteiger charge is 2.11. The predicted octanol–water partition coefficient (Wildman–Crippen LogP) is 0.665. The zero-order valence-corrected chi connectivity index (χ0v) is 7.31. The molecule has 0 aliphatic heterocycles. The fourth-order valence-electron chi connectivity index (χ4n) is 1.21. The Labute approximate surface area is 78.5 Å². The monoisotopic (exact) mass is 193 g/mol. The second-order valence-electron chi connectivity index (χ2n) is 2.67. The van der Waals surface area contributed by atoms with Crippen LogP contribution in [0.25, 0.3) is 10.9 Å². The molecule has 0 radical (unpaired) electrons. The molecule has 2 rings (SSSR count). The first kappa shape index (κ1) is 8.49. The van der Waals surface area contributed by atoms with Crippen molar-refractivity contribution in [3.8, 4) is 5.88 Å². The number of methoxy groups -OCH3 is 1. The lowest BCUT2D eigenvalue weighted by Gasteiger charge is -1.96. The van der Waals surface area contributed by atoms with Crippen molar-refractivity contribution in [2.45, 2.75) is 0 Å². The molecule has 6 heteroatoms. The van der Waals surface area contributed by atoms with Crippen LogP contribution in [0.15, 0.2) is 12.3 Å². The van der Waals surface area contributed by atoms with Gasteiger partial charge in [0.1, 0.15) is 5.69 Å². The molecule has 0 aromatic carbocycles. The highest BCUT2D eigenvalue weighted by molar-refractivity contribution is 5.95. The van der Waals surface area contributed by atoms with Gasteiger partial charge in [-0.2, -0.15) is 5.10 Å². The molecule has 0 unspecified atom stereocenters. The van der Waals surface area contributed by atoms with Crippen LogP contribution in [-0.2, 0) is 0 Å². The minimum absolute atomic E-state index is 0.0908. The fraction of sp³-hybridized carbons (Fsp3) is 0.125. The van der Waals surface area contributed by atoms with Crippen molar-refractivity contribution in [2.75, 3.05) is 7.11 Å². The Kier molecular flexibility index (Phi) is 1.81. The molecule has 0 aliphatic carbocycles. The van der Waals surface area contributed by atoms with Gasteiger partial charge in [-0.05, 0) is 6.07 Å². The van der Waals surface area contributed by atoms with Crippen LogP contribution in [-0.4, -0.2) is 33.4 Å². The summed E-state index contributed by atoms with van der Waals surface area (Å²) in [5, 5.41) is 16.7. The third-order valence-electron chi connectivity index (χ3n) is 1.84. The summed E-state index contributed by atoms with van der Waals surface area (Å²) in [6, 6.07) is 1.46. The maximum Gasteiger partial charge on any atom is 0.352 e. The Hall–Kier alpha value is -2.11. The summed E-state index contributed by atoms with van der Waals surface area (Å²) in [5.41, 5.74) is 0.683. The largest absolute Gasteiger partial charge is 0.479 e. The smallest absolute Gasteiger partial charge is 0.352 e. The van der Waals surface area contributed by atoms with E-state index < -0.39 is 5.97 Å². The predicted molar refractivity (Wildman–Crippen MR) is 47.4 cm³/mol. The van der Waals surface area contributed by atoms with Gasteiger partial charge in [0.25, 0.3) is 0 Å². The first-order chi connectivity index (χ1) is 6.72. The molecule has 2 aromatic rings. The molecule has 0 saturated heterocycles. The molecule has 0 atom stereocenters. The number of carboxylic acids is 1. The molecule has 0 spiro atoms. The van der Waals surface area contributed by atoms with Crippen LogP contribution in [0.3, 0.4) is 0 Å². The Morgan fingerprint density at radius 1 is 1.64 bits per heavy atom. The topological polar surface area (TPSA) is 88.1 Å². The van der Waals surface area contributed by atoms with Gasteiger partial charge in [0.2, 0.25) is 5.88 Å². The van der Waals surface area contributed by atoms with Gasteiger partial charge in [-0.3, -0.25) is 0 Å². The maximum atomic E-state index is 10.7. The van der Waals surface area contributed by atoms with E-state index in [2.05, 4.69) is 15.2 Å². The standard InChI is InChI=1S/C8H7N3O3/c1-14-7-4-2-5(8(12)13)10-6(4)3-9-11-7/h2-3,10H,1H3,(H,12,13). The first-order valence-electron chi connectivity index (χ1n) is 3.84. The van der Waals surface area contributed by atoms with Crippen molar-refractivity contribution in [3.05, 3.63) is 18.0 Å². The van der Waals surface area contributed by atoms with Crippen LogP contribution < -0.4 is 4.74 Å². The SMILES string of the molecule is COc1nncc2[nH]c(C(=O)O)cc12. The summed E-state index contributed by atoms with van der Waals surface area (Å²) < 4.78 is 4.93. The number of aromatic amines is 1. The van der Waals surface area contributed by atoms with Crippen LogP contribution in [0.2, 0.25) is 0 Å². The summed E-state index contributed by atoms with van der Waals surface area (Å²) >= 11 is 0. The van der Waals surface area contributed by atoms with Gasteiger partial charge < -0.3 is 14.8 Å². The molecule has 0 fully saturated rings. The van der Waals surface area contributed by atoms with Gasteiger partial charge >= 0.3 is 5.97 Å². The fourth-order valence-corrected chi connectivity index (χ4v) is 1.21. The van der Waals surface area contributed by atoms with Gasteiger partial charge in [-0.25, -0.2) is 4.79 Å². The normalized spacial score (nSPS) is 10.4. The van der Waals surface area contributed by atoms with Crippen molar-refractivity contribution in [3.63, 3.8) is 0 Å². The zero-order valence-electron chi connectivity index (χ0n) is 7.31. The molecule has 2 N–H and O–H groups in total. The number of carboxylic acid groups (broad SMARTS) is 1. The van der Waals surface area contributed by atoms with Gasteiger partial charge in [0.15, 0.2) is 0 Å². The lowest BCUT2D eigenvalue weighted by Crippen LogP contribution is -1.94. The molecule has 6 nitrogen and oxygen atoms in total. The number of fused-ring (bicyclic) bond motifs is 1. The first-order valence-corrected chi connectivity index (χ1v) is 3.84. The maximum absolute atomic E-state index is 10.7. The van der Waals surface area contributed by atoms with Gasteiger partial charge in [0.05, 0.1) is 24.2 Å². The highest BCUT2D eigenvalue weighted by atomic mass is 16.5. The molecule has 0 aliphatic rings. The number of ether oxygens (including phenoxy) is 1. The summed E-state index contributed by atoms with van der Waals surface area (Å²) in [4.78, 5) is 13.3.